The quantitative estimate of drug-likeness (QED) is 0.313. The first-order valence-corrected chi connectivity index (χ1v) is 10.5. The van der Waals surface area contributed by atoms with Crippen LogP contribution in [0.15, 0.2) is 40.9 Å². The summed E-state index contributed by atoms with van der Waals surface area (Å²) in [5, 5.41) is 0. The highest BCUT2D eigenvalue weighted by atomic mass is 79.9. The maximum Gasteiger partial charge on any atom is 0.311 e. The van der Waals surface area contributed by atoms with Crippen molar-refractivity contribution in [1.29, 1.82) is 0 Å². The van der Waals surface area contributed by atoms with E-state index in [9.17, 15) is 4.79 Å². The van der Waals surface area contributed by atoms with E-state index in [1.807, 2.05) is 32.0 Å². The number of hydrogen-bond acceptors (Lipinski definition) is 3. The van der Waals surface area contributed by atoms with Crippen molar-refractivity contribution >= 4 is 21.9 Å². The number of aryl methyl sites for hydroxylation is 1. The van der Waals surface area contributed by atoms with Crippen LogP contribution < -0.4 is 9.47 Å². The Morgan fingerprint density at radius 1 is 1.11 bits per heavy atom. The van der Waals surface area contributed by atoms with Gasteiger partial charge in [-0.05, 0) is 74.1 Å². The van der Waals surface area contributed by atoms with Crippen LogP contribution in [0, 0.1) is 13.8 Å². The van der Waals surface area contributed by atoms with E-state index in [1.165, 1.54) is 11.1 Å². The molecular formula is C23H29BrO3. The highest BCUT2D eigenvalue weighted by Gasteiger charge is 2.17. The average Bonchev–Trinajstić information content (AvgIpc) is 2.63. The van der Waals surface area contributed by atoms with E-state index in [-0.39, 0.29) is 12.1 Å². The molecule has 0 amide bonds. The minimum atomic E-state index is -0.195. The van der Waals surface area contributed by atoms with Crippen molar-refractivity contribution in [2.45, 2.75) is 65.9 Å². The van der Waals surface area contributed by atoms with E-state index in [0.29, 0.717) is 12.2 Å². The Balaban J connectivity index is 2.21. The van der Waals surface area contributed by atoms with Gasteiger partial charge in [0.15, 0.2) is 0 Å². The summed E-state index contributed by atoms with van der Waals surface area (Å²) < 4.78 is 12.9. The summed E-state index contributed by atoms with van der Waals surface area (Å²) in [5.74, 6) is 1.20. The van der Waals surface area contributed by atoms with Gasteiger partial charge >= 0.3 is 5.97 Å². The van der Waals surface area contributed by atoms with Crippen LogP contribution in [0.2, 0.25) is 0 Å². The third-order valence-electron chi connectivity index (χ3n) is 4.58. The lowest BCUT2D eigenvalue weighted by molar-refractivity contribution is -0.134. The number of rotatable bonds is 9. The molecule has 0 aliphatic rings. The molecule has 4 heteroatoms. The zero-order valence-electron chi connectivity index (χ0n) is 16.7. The van der Waals surface area contributed by atoms with Crippen LogP contribution in [0.3, 0.4) is 0 Å². The molecule has 2 aromatic carbocycles. The predicted octanol–water partition coefficient (Wildman–Crippen LogP) is 7.08. The van der Waals surface area contributed by atoms with Crippen LogP contribution in [0.25, 0.3) is 0 Å². The molecule has 2 aromatic rings. The molecule has 3 nitrogen and oxygen atoms in total. The Labute approximate surface area is 171 Å². The van der Waals surface area contributed by atoms with E-state index in [0.717, 1.165) is 41.5 Å². The second-order valence-corrected chi connectivity index (χ2v) is 7.71. The summed E-state index contributed by atoms with van der Waals surface area (Å²) in [5.41, 5.74) is 3.31. The van der Waals surface area contributed by atoms with Gasteiger partial charge in [-0.2, -0.15) is 0 Å². The molecule has 0 heterocycles. The van der Waals surface area contributed by atoms with Crippen LogP contribution in [0.5, 0.6) is 11.5 Å². The van der Waals surface area contributed by atoms with Crippen LogP contribution >= 0.6 is 15.9 Å². The molecule has 0 saturated carbocycles. The van der Waals surface area contributed by atoms with Crippen LogP contribution in [-0.2, 0) is 4.79 Å². The maximum absolute atomic E-state index is 11.7. The molecule has 0 aromatic heterocycles. The van der Waals surface area contributed by atoms with Crippen molar-refractivity contribution in [3.63, 3.8) is 0 Å². The van der Waals surface area contributed by atoms with Gasteiger partial charge < -0.3 is 9.47 Å². The molecule has 27 heavy (non-hydrogen) atoms. The van der Waals surface area contributed by atoms with Crippen LogP contribution in [0.4, 0.5) is 0 Å². The number of hydrogen-bond donors (Lipinski definition) is 0. The molecule has 2 rings (SSSR count). The van der Waals surface area contributed by atoms with Crippen molar-refractivity contribution in [2.75, 3.05) is 0 Å². The number of halogens is 1. The van der Waals surface area contributed by atoms with E-state index >= 15 is 0 Å². The fraction of sp³-hybridized carbons (Fsp3) is 0.435. The summed E-state index contributed by atoms with van der Waals surface area (Å²) in [6, 6.07) is 11.9. The molecular weight excluding hydrogens is 404 g/mol. The smallest absolute Gasteiger partial charge is 0.311 e. The molecule has 1 atom stereocenters. The van der Waals surface area contributed by atoms with Crippen molar-refractivity contribution in [3.8, 4) is 11.5 Å². The highest BCUT2D eigenvalue weighted by molar-refractivity contribution is 9.10. The van der Waals surface area contributed by atoms with Gasteiger partial charge in [0.05, 0.1) is 0 Å². The predicted molar refractivity (Wildman–Crippen MR) is 113 cm³/mol. The molecule has 0 aliphatic heterocycles. The van der Waals surface area contributed by atoms with Crippen molar-refractivity contribution in [3.05, 3.63) is 57.6 Å². The average molecular weight is 433 g/mol. The normalized spacial score (nSPS) is 11.9. The van der Waals surface area contributed by atoms with Gasteiger partial charge in [0.1, 0.15) is 17.6 Å². The van der Waals surface area contributed by atoms with Crippen molar-refractivity contribution in [1.82, 2.24) is 0 Å². The molecule has 0 radical (unpaired) electrons. The van der Waals surface area contributed by atoms with Crippen molar-refractivity contribution in [2.24, 2.45) is 0 Å². The number of carbonyl (C=O) groups is 1. The number of benzene rings is 2. The fourth-order valence-electron chi connectivity index (χ4n) is 2.99. The minimum Gasteiger partial charge on any atom is -0.486 e. The van der Waals surface area contributed by atoms with E-state index in [2.05, 4.69) is 48.0 Å². The monoisotopic (exact) mass is 432 g/mol. The summed E-state index contributed by atoms with van der Waals surface area (Å²) >= 11 is 3.62. The van der Waals surface area contributed by atoms with E-state index in [4.69, 9.17) is 9.47 Å². The van der Waals surface area contributed by atoms with E-state index < -0.39 is 0 Å². The van der Waals surface area contributed by atoms with Crippen molar-refractivity contribution < 1.29 is 14.3 Å². The highest BCUT2D eigenvalue weighted by Crippen LogP contribution is 2.33. The third-order valence-corrected chi connectivity index (χ3v) is 5.44. The second kappa shape index (κ2) is 10.5. The van der Waals surface area contributed by atoms with Gasteiger partial charge in [0, 0.05) is 10.9 Å². The zero-order valence-corrected chi connectivity index (χ0v) is 18.3. The third kappa shape index (κ3) is 6.10. The molecule has 0 saturated heterocycles. The number of esters is 1. The first-order chi connectivity index (χ1) is 13.0. The van der Waals surface area contributed by atoms with Crippen LogP contribution in [0.1, 0.15) is 68.7 Å². The first-order valence-electron chi connectivity index (χ1n) is 9.69. The molecule has 0 spiro atoms. The Bertz CT molecular complexity index is 770. The Morgan fingerprint density at radius 3 is 2.56 bits per heavy atom. The Kier molecular flexibility index (Phi) is 8.36. The first kappa shape index (κ1) is 21.5. The van der Waals surface area contributed by atoms with Gasteiger partial charge in [-0.25, -0.2) is 0 Å². The fourth-order valence-corrected chi connectivity index (χ4v) is 3.37. The lowest BCUT2D eigenvalue weighted by atomic mass is 9.99. The molecule has 146 valence electrons. The standard InChI is InChI=1S/C23H29BrO3/c1-5-7-12-22(19-10-8-11-20(24)17(19)4)26-18-13-14-21(16(3)15-18)27-23(25)9-6-2/h8,10-11,13-15,22H,5-7,9,12H2,1-4H3. The lowest BCUT2D eigenvalue weighted by Gasteiger charge is -2.22. The SMILES string of the molecule is CCCCC(Oc1ccc(OC(=O)CCC)c(C)c1)c1cccc(Br)c1C. The summed E-state index contributed by atoms with van der Waals surface area (Å²) in [6.45, 7) is 8.20. The Hall–Kier alpha value is -1.81. The van der Waals surface area contributed by atoms with Gasteiger partial charge in [0.2, 0.25) is 0 Å². The minimum absolute atomic E-state index is 0.00431. The summed E-state index contributed by atoms with van der Waals surface area (Å²) in [6.07, 6.45) is 4.39. The maximum atomic E-state index is 11.7. The van der Waals surface area contributed by atoms with Gasteiger partial charge in [0.25, 0.3) is 0 Å². The Morgan fingerprint density at radius 2 is 1.89 bits per heavy atom. The van der Waals surface area contributed by atoms with Gasteiger partial charge in [-0.15, -0.1) is 0 Å². The number of carbonyl (C=O) groups excluding carboxylic acids is 1. The number of unbranched alkanes of at least 4 members (excludes halogenated alkanes) is 1. The number of ether oxygens (including phenoxy) is 2. The molecule has 0 bridgehead atoms. The molecule has 0 fully saturated rings. The van der Waals surface area contributed by atoms with Gasteiger partial charge in [-0.1, -0.05) is 48.3 Å². The largest absolute Gasteiger partial charge is 0.486 e. The van der Waals surface area contributed by atoms with Gasteiger partial charge in [-0.3, -0.25) is 4.79 Å². The zero-order chi connectivity index (χ0) is 19.8. The molecule has 0 N–H and O–H groups in total. The molecule has 1 unspecified atom stereocenters. The summed E-state index contributed by atoms with van der Waals surface area (Å²) in [7, 11) is 0. The van der Waals surface area contributed by atoms with E-state index in [1.54, 1.807) is 0 Å². The summed E-state index contributed by atoms with van der Waals surface area (Å²) in [4.78, 5) is 11.7. The molecule has 0 aliphatic carbocycles. The van der Waals surface area contributed by atoms with Crippen LogP contribution in [-0.4, -0.2) is 5.97 Å². The topological polar surface area (TPSA) is 35.5 Å². The lowest BCUT2D eigenvalue weighted by Crippen LogP contribution is -2.11. The second-order valence-electron chi connectivity index (χ2n) is 6.85.